The summed E-state index contributed by atoms with van der Waals surface area (Å²) in [6, 6.07) is 3.99. The molecule has 0 aliphatic rings. The minimum Gasteiger partial charge on any atom is -0.361 e. The predicted molar refractivity (Wildman–Crippen MR) is 67.0 cm³/mol. The third kappa shape index (κ3) is 1.25. The Hall–Kier alpha value is -1.75. The topological polar surface area (TPSA) is 41.9 Å². The molecule has 0 aliphatic heterocycles. The Morgan fingerprint density at radius 2 is 2.06 bits per heavy atom. The number of nitrogens with zero attached hydrogens (tertiary/aromatic N) is 4. The molecular weight excluding hydrogens is 220 g/mol. The second-order valence-corrected chi connectivity index (χ2v) is 4.73. The van der Waals surface area contributed by atoms with Gasteiger partial charge in [0.15, 0.2) is 0 Å². The van der Waals surface area contributed by atoms with Crippen LogP contribution in [0.5, 0.6) is 0 Å². The molecule has 0 unspecified atom stereocenters. The molecule has 0 fully saturated rings. The quantitative estimate of drug-likeness (QED) is 0.643. The van der Waals surface area contributed by atoms with E-state index in [1.807, 2.05) is 31.1 Å². The number of hydrogen-bond acceptors (Lipinski definition) is 5. The van der Waals surface area contributed by atoms with Crippen molar-refractivity contribution in [2.45, 2.75) is 0 Å². The van der Waals surface area contributed by atoms with E-state index in [0.29, 0.717) is 0 Å². The van der Waals surface area contributed by atoms with Crippen LogP contribution in [0, 0.1) is 0 Å². The van der Waals surface area contributed by atoms with Crippen molar-refractivity contribution in [3.63, 3.8) is 0 Å². The molecule has 3 aromatic heterocycles. The molecule has 3 aromatic rings. The molecule has 3 heterocycles. The smallest absolute Gasteiger partial charge is 0.149 e. The second-order valence-electron chi connectivity index (χ2n) is 3.73. The largest absolute Gasteiger partial charge is 0.361 e. The standard InChI is InChI=1S/C11H10N4S/c1-15(2)10-9-8(13-6-14-10)7-4-3-5-12-11(7)16-9/h3-6H,1-2H3. The fourth-order valence-electron chi connectivity index (χ4n) is 1.72. The summed E-state index contributed by atoms with van der Waals surface area (Å²) >= 11 is 1.64. The van der Waals surface area contributed by atoms with Crippen molar-refractivity contribution in [3.05, 3.63) is 24.7 Å². The molecule has 0 N–H and O–H groups in total. The highest BCUT2D eigenvalue weighted by atomic mass is 32.1. The van der Waals surface area contributed by atoms with Crippen LogP contribution >= 0.6 is 11.3 Å². The van der Waals surface area contributed by atoms with E-state index in [1.54, 1.807) is 23.9 Å². The fraction of sp³-hybridized carbons (Fsp3) is 0.182. The highest BCUT2D eigenvalue weighted by molar-refractivity contribution is 7.25. The number of anilines is 1. The lowest BCUT2D eigenvalue weighted by Crippen LogP contribution is -2.10. The Kier molecular flexibility index (Phi) is 2.00. The molecule has 0 aromatic carbocycles. The lowest BCUT2D eigenvalue weighted by molar-refractivity contribution is 1.07. The summed E-state index contributed by atoms with van der Waals surface area (Å²) in [6.07, 6.45) is 3.41. The van der Waals surface area contributed by atoms with Gasteiger partial charge in [0.05, 0.1) is 10.2 Å². The van der Waals surface area contributed by atoms with Gasteiger partial charge < -0.3 is 4.90 Å². The van der Waals surface area contributed by atoms with Crippen molar-refractivity contribution >= 4 is 37.6 Å². The van der Waals surface area contributed by atoms with Crippen molar-refractivity contribution in [2.75, 3.05) is 19.0 Å². The molecule has 3 rings (SSSR count). The van der Waals surface area contributed by atoms with E-state index in [2.05, 4.69) is 15.0 Å². The predicted octanol–water partition coefficient (Wildman–Crippen LogP) is 2.31. The van der Waals surface area contributed by atoms with E-state index < -0.39 is 0 Å². The van der Waals surface area contributed by atoms with Gasteiger partial charge in [-0.3, -0.25) is 0 Å². The van der Waals surface area contributed by atoms with Crippen molar-refractivity contribution in [3.8, 4) is 0 Å². The average molecular weight is 230 g/mol. The maximum Gasteiger partial charge on any atom is 0.149 e. The van der Waals surface area contributed by atoms with Gasteiger partial charge in [0.25, 0.3) is 0 Å². The van der Waals surface area contributed by atoms with Gasteiger partial charge in [-0.05, 0) is 12.1 Å². The molecule has 0 spiro atoms. The first-order valence-electron chi connectivity index (χ1n) is 4.93. The third-order valence-electron chi connectivity index (χ3n) is 2.43. The van der Waals surface area contributed by atoms with Gasteiger partial charge in [-0.25, -0.2) is 15.0 Å². The zero-order chi connectivity index (χ0) is 11.1. The minimum absolute atomic E-state index is 0.952. The van der Waals surface area contributed by atoms with Crippen LogP contribution in [0.4, 0.5) is 5.82 Å². The zero-order valence-electron chi connectivity index (χ0n) is 9.01. The van der Waals surface area contributed by atoms with E-state index in [4.69, 9.17) is 0 Å². The fourth-order valence-corrected chi connectivity index (χ4v) is 2.89. The Morgan fingerprint density at radius 1 is 1.19 bits per heavy atom. The van der Waals surface area contributed by atoms with Gasteiger partial charge in [0.2, 0.25) is 0 Å². The second kappa shape index (κ2) is 3.38. The maximum absolute atomic E-state index is 4.35. The molecule has 80 valence electrons. The summed E-state index contributed by atoms with van der Waals surface area (Å²) in [7, 11) is 3.97. The van der Waals surface area contributed by atoms with Crippen molar-refractivity contribution < 1.29 is 0 Å². The van der Waals surface area contributed by atoms with Gasteiger partial charge in [0.1, 0.15) is 17.0 Å². The van der Waals surface area contributed by atoms with E-state index in [-0.39, 0.29) is 0 Å². The molecule has 0 radical (unpaired) electrons. The van der Waals surface area contributed by atoms with Crippen LogP contribution in [0.2, 0.25) is 0 Å². The highest BCUT2D eigenvalue weighted by Gasteiger charge is 2.12. The van der Waals surface area contributed by atoms with Gasteiger partial charge in [-0.2, -0.15) is 0 Å². The van der Waals surface area contributed by atoms with Crippen LogP contribution in [0.3, 0.4) is 0 Å². The van der Waals surface area contributed by atoms with Gasteiger partial charge in [0, 0.05) is 25.7 Å². The molecule has 16 heavy (non-hydrogen) atoms. The van der Waals surface area contributed by atoms with Crippen molar-refractivity contribution in [1.82, 2.24) is 15.0 Å². The molecule has 0 saturated carbocycles. The van der Waals surface area contributed by atoms with Crippen LogP contribution in [0.1, 0.15) is 0 Å². The van der Waals surface area contributed by atoms with Gasteiger partial charge in [-0.15, -0.1) is 11.3 Å². The summed E-state index contributed by atoms with van der Waals surface area (Å²) in [5.41, 5.74) is 0.992. The summed E-state index contributed by atoms with van der Waals surface area (Å²) in [6.45, 7) is 0. The SMILES string of the molecule is CN(C)c1ncnc2c1sc1ncccc12. The summed E-state index contributed by atoms with van der Waals surface area (Å²) in [5.74, 6) is 0.952. The first-order chi connectivity index (χ1) is 7.77. The number of fused-ring (bicyclic) bond motifs is 3. The Morgan fingerprint density at radius 3 is 2.88 bits per heavy atom. The van der Waals surface area contributed by atoms with Crippen molar-refractivity contribution in [2.24, 2.45) is 0 Å². The van der Waals surface area contributed by atoms with Gasteiger partial charge >= 0.3 is 0 Å². The monoisotopic (exact) mass is 230 g/mol. The maximum atomic E-state index is 4.35. The Balaban J connectivity index is 2.49. The number of thiophene rings is 1. The molecule has 0 bridgehead atoms. The number of rotatable bonds is 1. The molecule has 0 atom stereocenters. The summed E-state index contributed by atoms with van der Waals surface area (Å²) in [4.78, 5) is 16.0. The minimum atomic E-state index is 0.952. The normalized spacial score (nSPS) is 11.1. The first kappa shape index (κ1) is 9.47. The van der Waals surface area contributed by atoms with E-state index >= 15 is 0 Å². The van der Waals surface area contributed by atoms with E-state index in [0.717, 1.165) is 26.3 Å². The third-order valence-corrected chi connectivity index (χ3v) is 3.53. The molecular formula is C11H10N4S. The lowest BCUT2D eigenvalue weighted by atomic mass is 10.3. The molecule has 0 aliphatic carbocycles. The van der Waals surface area contributed by atoms with Crippen molar-refractivity contribution in [1.29, 1.82) is 0 Å². The van der Waals surface area contributed by atoms with Gasteiger partial charge in [-0.1, -0.05) is 0 Å². The zero-order valence-corrected chi connectivity index (χ0v) is 9.82. The Labute approximate surface area is 96.6 Å². The molecule has 4 nitrogen and oxygen atoms in total. The van der Waals surface area contributed by atoms with Crippen LogP contribution < -0.4 is 4.90 Å². The lowest BCUT2D eigenvalue weighted by Gasteiger charge is -2.10. The average Bonchev–Trinajstić information content (AvgIpc) is 2.67. The number of hydrogen-bond donors (Lipinski definition) is 0. The number of pyridine rings is 1. The molecule has 0 amide bonds. The van der Waals surface area contributed by atoms with E-state index in [1.165, 1.54) is 0 Å². The Bertz CT molecular complexity index is 659. The van der Waals surface area contributed by atoms with Crippen LogP contribution in [0.15, 0.2) is 24.7 Å². The van der Waals surface area contributed by atoms with E-state index in [9.17, 15) is 0 Å². The molecule has 5 heteroatoms. The highest BCUT2D eigenvalue weighted by Crippen LogP contribution is 2.34. The first-order valence-corrected chi connectivity index (χ1v) is 5.74. The van der Waals surface area contributed by atoms with Crippen LogP contribution in [0.25, 0.3) is 20.4 Å². The summed E-state index contributed by atoms with van der Waals surface area (Å²) < 4.78 is 1.10. The molecule has 0 saturated heterocycles. The summed E-state index contributed by atoms with van der Waals surface area (Å²) in [5, 5.41) is 1.10. The number of aromatic nitrogens is 3. The van der Waals surface area contributed by atoms with Crippen LogP contribution in [-0.4, -0.2) is 29.0 Å². The van der Waals surface area contributed by atoms with Crippen LogP contribution in [-0.2, 0) is 0 Å².